The van der Waals surface area contributed by atoms with Crippen LogP contribution in [-0.2, 0) is 15.9 Å². The average molecular weight is 329 g/mol. The van der Waals surface area contributed by atoms with Crippen LogP contribution >= 0.6 is 15.9 Å². The van der Waals surface area contributed by atoms with E-state index in [4.69, 9.17) is 15.3 Å². The van der Waals surface area contributed by atoms with E-state index in [9.17, 15) is 0 Å². The van der Waals surface area contributed by atoms with Crippen LogP contribution in [0.15, 0.2) is 28.7 Å². The first kappa shape index (κ1) is 14.9. The Balaban J connectivity index is 2.14. The van der Waals surface area contributed by atoms with Gasteiger partial charge in [0, 0.05) is 37.6 Å². The minimum absolute atomic E-state index is 0.0794. The van der Waals surface area contributed by atoms with Crippen LogP contribution in [-0.4, -0.2) is 32.0 Å². The van der Waals surface area contributed by atoms with Gasteiger partial charge in [-0.3, -0.25) is 11.3 Å². The molecular formula is C14H21BrN2O2. The molecule has 1 heterocycles. The average Bonchev–Trinajstić information content (AvgIpc) is 2.45. The van der Waals surface area contributed by atoms with Gasteiger partial charge in [-0.25, -0.2) is 0 Å². The molecule has 0 radical (unpaired) electrons. The molecule has 1 fully saturated rings. The van der Waals surface area contributed by atoms with Gasteiger partial charge in [0.05, 0.1) is 11.6 Å². The number of hydrogen-bond donors (Lipinski definition) is 2. The Morgan fingerprint density at radius 2 is 2.21 bits per heavy atom. The van der Waals surface area contributed by atoms with Gasteiger partial charge in [0.15, 0.2) is 0 Å². The van der Waals surface area contributed by atoms with E-state index >= 15 is 0 Å². The summed E-state index contributed by atoms with van der Waals surface area (Å²) in [6.07, 6.45) is 2.57. The second kappa shape index (κ2) is 6.81. The van der Waals surface area contributed by atoms with Crippen molar-refractivity contribution in [2.24, 2.45) is 5.84 Å². The van der Waals surface area contributed by atoms with Crippen LogP contribution in [0.25, 0.3) is 0 Å². The van der Waals surface area contributed by atoms with E-state index in [1.807, 2.05) is 12.1 Å². The molecule has 19 heavy (non-hydrogen) atoms. The molecule has 0 spiro atoms. The van der Waals surface area contributed by atoms with Crippen molar-refractivity contribution in [3.8, 4) is 0 Å². The summed E-state index contributed by atoms with van der Waals surface area (Å²) in [5.41, 5.74) is 3.93. The maximum Gasteiger partial charge on any atom is 0.0891 e. The van der Waals surface area contributed by atoms with Gasteiger partial charge >= 0.3 is 0 Å². The molecule has 1 unspecified atom stereocenters. The Hall–Kier alpha value is -0.460. The topological polar surface area (TPSA) is 56.5 Å². The van der Waals surface area contributed by atoms with Crippen molar-refractivity contribution in [3.05, 3.63) is 34.3 Å². The zero-order valence-electron chi connectivity index (χ0n) is 11.2. The molecule has 4 nitrogen and oxygen atoms in total. The fourth-order valence-corrected chi connectivity index (χ4v) is 3.15. The Kier molecular flexibility index (Phi) is 5.36. The second-order valence-corrected chi connectivity index (χ2v) is 5.85. The predicted octanol–water partition coefficient (Wildman–Crippen LogP) is 2.02. The van der Waals surface area contributed by atoms with Crippen LogP contribution in [0.1, 0.15) is 18.4 Å². The molecule has 1 aliphatic rings. The summed E-state index contributed by atoms with van der Waals surface area (Å²) in [6.45, 7) is 1.45. The number of methoxy groups -OCH3 is 1. The lowest BCUT2D eigenvalue weighted by atomic mass is 9.83. The highest BCUT2D eigenvalue weighted by molar-refractivity contribution is 9.10. The van der Waals surface area contributed by atoms with Crippen molar-refractivity contribution in [1.29, 1.82) is 0 Å². The molecule has 0 aliphatic carbocycles. The van der Waals surface area contributed by atoms with Crippen molar-refractivity contribution in [3.63, 3.8) is 0 Å². The monoisotopic (exact) mass is 328 g/mol. The van der Waals surface area contributed by atoms with E-state index in [2.05, 4.69) is 33.5 Å². The van der Waals surface area contributed by atoms with Crippen LogP contribution in [0.2, 0.25) is 0 Å². The zero-order valence-corrected chi connectivity index (χ0v) is 12.8. The van der Waals surface area contributed by atoms with Gasteiger partial charge < -0.3 is 9.47 Å². The fraction of sp³-hybridized carbons (Fsp3) is 0.571. The summed E-state index contributed by atoms with van der Waals surface area (Å²) in [5, 5.41) is 0. The third-order valence-corrected chi connectivity index (χ3v) is 4.40. The van der Waals surface area contributed by atoms with Crippen LogP contribution in [0.3, 0.4) is 0 Å². The Bertz CT molecular complexity index is 408. The molecular weight excluding hydrogens is 308 g/mol. The number of hydrogen-bond acceptors (Lipinski definition) is 4. The molecule has 0 saturated carbocycles. The van der Waals surface area contributed by atoms with Gasteiger partial charge in [0.1, 0.15) is 0 Å². The molecule has 5 heteroatoms. The summed E-state index contributed by atoms with van der Waals surface area (Å²) in [5.74, 6) is 5.77. The molecule has 0 amide bonds. The predicted molar refractivity (Wildman–Crippen MR) is 78.8 cm³/mol. The van der Waals surface area contributed by atoms with E-state index in [-0.39, 0.29) is 11.6 Å². The van der Waals surface area contributed by atoms with E-state index in [0.29, 0.717) is 0 Å². The third-order valence-electron chi connectivity index (χ3n) is 3.91. The Labute approximate surface area is 122 Å². The first-order valence-electron chi connectivity index (χ1n) is 6.54. The van der Waals surface area contributed by atoms with Crippen molar-refractivity contribution >= 4 is 15.9 Å². The molecule has 106 valence electrons. The highest BCUT2D eigenvalue weighted by Crippen LogP contribution is 2.30. The van der Waals surface area contributed by atoms with Crippen molar-refractivity contribution in [1.82, 2.24) is 5.43 Å². The van der Waals surface area contributed by atoms with Gasteiger partial charge in [-0.05, 0) is 24.1 Å². The molecule has 1 aromatic rings. The van der Waals surface area contributed by atoms with Gasteiger partial charge in [-0.1, -0.05) is 28.1 Å². The first-order chi connectivity index (χ1) is 9.20. The minimum Gasteiger partial charge on any atom is -0.381 e. The lowest BCUT2D eigenvalue weighted by molar-refractivity contribution is -0.110. The second-order valence-electron chi connectivity index (χ2n) is 4.93. The van der Waals surface area contributed by atoms with Crippen LogP contribution < -0.4 is 11.3 Å². The molecule has 3 N–H and O–H groups in total. The molecule has 1 aliphatic heterocycles. The van der Waals surface area contributed by atoms with E-state index < -0.39 is 0 Å². The van der Waals surface area contributed by atoms with Gasteiger partial charge in [-0.15, -0.1) is 0 Å². The number of nitrogens with one attached hydrogen (secondary N) is 1. The number of nitrogens with two attached hydrogens (primary N) is 1. The molecule has 0 aromatic heterocycles. The maximum atomic E-state index is 5.80. The SMILES string of the molecule is COC1(C(Cc2cccc(Br)c2)NN)CCOCC1. The quantitative estimate of drug-likeness (QED) is 0.641. The highest BCUT2D eigenvalue weighted by Gasteiger charge is 2.40. The molecule has 1 saturated heterocycles. The van der Waals surface area contributed by atoms with Crippen LogP contribution in [0.4, 0.5) is 0 Å². The van der Waals surface area contributed by atoms with E-state index in [1.54, 1.807) is 7.11 Å². The van der Waals surface area contributed by atoms with Crippen LogP contribution in [0.5, 0.6) is 0 Å². The van der Waals surface area contributed by atoms with E-state index in [1.165, 1.54) is 5.56 Å². The third kappa shape index (κ3) is 3.55. The van der Waals surface area contributed by atoms with Crippen LogP contribution in [0, 0.1) is 0 Å². The molecule has 1 atom stereocenters. The highest BCUT2D eigenvalue weighted by atomic mass is 79.9. The number of ether oxygens (including phenoxy) is 2. The van der Waals surface area contributed by atoms with Gasteiger partial charge in [0.25, 0.3) is 0 Å². The van der Waals surface area contributed by atoms with Crippen molar-refractivity contribution < 1.29 is 9.47 Å². The minimum atomic E-state index is -0.241. The van der Waals surface area contributed by atoms with Gasteiger partial charge in [0.2, 0.25) is 0 Å². The van der Waals surface area contributed by atoms with Crippen molar-refractivity contribution in [2.75, 3.05) is 20.3 Å². The summed E-state index contributed by atoms with van der Waals surface area (Å²) < 4.78 is 12.3. The first-order valence-corrected chi connectivity index (χ1v) is 7.33. The van der Waals surface area contributed by atoms with Crippen molar-refractivity contribution in [2.45, 2.75) is 30.9 Å². The smallest absolute Gasteiger partial charge is 0.0891 e. The molecule has 0 bridgehead atoms. The fourth-order valence-electron chi connectivity index (χ4n) is 2.71. The largest absolute Gasteiger partial charge is 0.381 e. The summed E-state index contributed by atoms with van der Waals surface area (Å²) in [7, 11) is 1.76. The van der Waals surface area contributed by atoms with E-state index in [0.717, 1.165) is 36.9 Å². The molecule has 2 rings (SSSR count). The normalized spacial score (nSPS) is 20.2. The number of halogens is 1. The number of rotatable bonds is 5. The zero-order chi connectivity index (χ0) is 13.7. The lowest BCUT2D eigenvalue weighted by Gasteiger charge is -2.42. The maximum absolute atomic E-state index is 5.80. The number of hydrazine groups is 1. The summed E-state index contributed by atoms with van der Waals surface area (Å²) in [4.78, 5) is 0. The number of benzene rings is 1. The summed E-state index contributed by atoms with van der Waals surface area (Å²) >= 11 is 3.50. The molecule has 1 aromatic carbocycles. The Morgan fingerprint density at radius 1 is 1.47 bits per heavy atom. The lowest BCUT2D eigenvalue weighted by Crippen LogP contribution is -2.58. The summed E-state index contributed by atoms with van der Waals surface area (Å²) in [6, 6.07) is 8.37. The Morgan fingerprint density at radius 3 is 2.79 bits per heavy atom. The standard InChI is InChI=1S/C14H21BrN2O2/c1-18-14(5-7-19-8-6-14)13(17-16)10-11-3-2-4-12(15)9-11/h2-4,9,13,17H,5-8,10,16H2,1H3. The van der Waals surface area contributed by atoms with Gasteiger partial charge in [-0.2, -0.15) is 0 Å².